The van der Waals surface area contributed by atoms with E-state index in [1.165, 1.54) is 30.9 Å². The zero-order valence-electron chi connectivity index (χ0n) is 16.3. The van der Waals surface area contributed by atoms with E-state index >= 15 is 0 Å². The van der Waals surface area contributed by atoms with Crippen LogP contribution in [0.1, 0.15) is 29.8 Å². The standard InChI is InChI=1S/C20H26N2O4S2/c1-15(2)22-20(23)18-13-17(9-10-19(18)26-3)28(24,25)21-11-12-27-14-16-7-5-4-6-8-16/h4-10,13,15,21H,11-12,14H2,1-3H3,(H,22,23). The zero-order valence-corrected chi connectivity index (χ0v) is 17.9. The first-order valence-electron chi connectivity index (χ1n) is 8.93. The average molecular weight is 423 g/mol. The number of benzene rings is 2. The molecule has 152 valence electrons. The van der Waals surface area contributed by atoms with Gasteiger partial charge in [0.15, 0.2) is 0 Å². The minimum atomic E-state index is -3.71. The molecule has 0 saturated carbocycles. The van der Waals surface area contributed by atoms with Crippen molar-refractivity contribution in [3.8, 4) is 5.75 Å². The van der Waals surface area contributed by atoms with Crippen LogP contribution in [0.15, 0.2) is 53.4 Å². The van der Waals surface area contributed by atoms with Crippen LogP contribution in [0.3, 0.4) is 0 Å². The number of carbonyl (C=O) groups excluding carboxylic acids is 1. The highest BCUT2D eigenvalue weighted by molar-refractivity contribution is 7.98. The fourth-order valence-electron chi connectivity index (χ4n) is 2.47. The molecule has 0 fully saturated rings. The first kappa shape index (κ1) is 22.3. The lowest BCUT2D eigenvalue weighted by molar-refractivity contribution is 0.0940. The highest BCUT2D eigenvalue weighted by Gasteiger charge is 2.20. The van der Waals surface area contributed by atoms with E-state index in [1.54, 1.807) is 11.8 Å². The Kier molecular flexibility index (Phi) is 8.35. The molecule has 1 amide bonds. The Bertz CT molecular complexity index is 884. The molecule has 6 nitrogen and oxygen atoms in total. The van der Waals surface area contributed by atoms with Crippen molar-refractivity contribution in [3.63, 3.8) is 0 Å². The highest BCUT2D eigenvalue weighted by Crippen LogP contribution is 2.22. The summed E-state index contributed by atoms with van der Waals surface area (Å²) in [6, 6.07) is 14.2. The van der Waals surface area contributed by atoms with Crippen molar-refractivity contribution in [1.82, 2.24) is 10.0 Å². The minimum Gasteiger partial charge on any atom is -0.496 e. The van der Waals surface area contributed by atoms with Gasteiger partial charge in [0.1, 0.15) is 5.75 Å². The highest BCUT2D eigenvalue weighted by atomic mass is 32.2. The lowest BCUT2D eigenvalue weighted by Crippen LogP contribution is -2.31. The van der Waals surface area contributed by atoms with Gasteiger partial charge in [-0.25, -0.2) is 13.1 Å². The summed E-state index contributed by atoms with van der Waals surface area (Å²) in [4.78, 5) is 12.4. The lowest BCUT2D eigenvalue weighted by Gasteiger charge is -2.13. The van der Waals surface area contributed by atoms with Crippen molar-refractivity contribution >= 4 is 27.7 Å². The number of ether oxygens (including phenoxy) is 1. The number of thioether (sulfide) groups is 1. The normalized spacial score (nSPS) is 11.4. The molecule has 2 N–H and O–H groups in total. The Balaban J connectivity index is 1.99. The van der Waals surface area contributed by atoms with Crippen LogP contribution in [-0.2, 0) is 15.8 Å². The summed E-state index contributed by atoms with van der Waals surface area (Å²) >= 11 is 1.65. The largest absolute Gasteiger partial charge is 0.496 e. The number of nitrogens with one attached hydrogen (secondary N) is 2. The molecular formula is C20H26N2O4S2. The van der Waals surface area contributed by atoms with Crippen molar-refractivity contribution in [3.05, 3.63) is 59.7 Å². The van der Waals surface area contributed by atoms with Crippen LogP contribution < -0.4 is 14.8 Å². The van der Waals surface area contributed by atoms with Gasteiger partial charge in [-0.2, -0.15) is 11.8 Å². The molecule has 8 heteroatoms. The number of amides is 1. The summed E-state index contributed by atoms with van der Waals surface area (Å²) in [6.07, 6.45) is 0. The SMILES string of the molecule is COc1ccc(S(=O)(=O)NCCSCc2ccccc2)cc1C(=O)NC(C)C. The average Bonchev–Trinajstić information content (AvgIpc) is 2.67. The molecule has 0 unspecified atom stereocenters. The molecule has 0 saturated heterocycles. The second-order valence-electron chi connectivity index (χ2n) is 6.43. The first-order valence-corrected chi connectivity index (χ1v) is 11.6. The van der Waals surface area contributed by atoms with E-state index in [-0.39, 0.29) is 22.4 Å². The van der Waals surface area contributed by atoms with Crippen LogP contribution in [0.5, 0.6) is 5.75 Å². The van der Waals surface area contributed by atoms with Gasteiger partial charge in [-0.3, -0.25) is 4.79 Å². The van der Waals surface area contributed by atoms with Gasteiger partial charge in [-0.05, 0) is 37.6 Å². The smallest absolute Gasteiger partial charge is 0.255 e. The number of methoxy groups -OCH3 is 1. The molecule has 0 bridgehead atoms. The van der Waals surface area contributed by atoms with E-state index < -0.39 is 10.0 Å². The summed E-state index contributed by atoms with van der Waals surface area (Å²) in [5.41, 5.74) is 1.39. The van der Waals surface area contributed by atoms with Gasteiger partial charge in [-0.15, -0.1) is 0 Å². The summed E-state index contributed by atoms with van der Waals surface area (Å²) in [6.45, 7) is 3.97. The van der Waals surface area contributed by atoms with Gasteiger partial charge >= 0.3 is 0 Å². The van der Waals surface area contributed by atoms with E-state index in [9.17, 15) is 13.2 Å². The van der Waals surface area contributed by atoms with E-state index in [4.69, 9.17) is 4.74 Å². The van der Waals surface area contributed by atoms with Gasteiger partial charge in [0.05, 0.1) is 17.6 Å². The molecule has 28 heavy (non-hydrogen) atoms. The molecular weight excluding hydrogens is 396 g/mol. The predicted molar refractivity (Wildman–Crippen MR) is 113 cm³/mol. The molecule has 0 heterocycles. The molecule has 2 aromatic rings. The molecule has 0 atom stereocenters. The van der Waals surface area contributed by atoms with Crippen LogP contribution >= 0.6 is 11.8 Å². The van der Waals surface area contributed by atoms with Crippen LogP contribution in [0, 0.1) is 0 Å². The van der Waals surface area contributed by atoms with Gasteiger partial charge < -0.3 is 10.1 Å². The van der Waals surface area contributed by atoms with Gasteiger partial charge in [0, 0.05) is 24.1 Å². The number of sulfonamides is 1. The molecule has 2 rings (SSSR count). The molecule has 0 spiro atoms. The molecule has 0 aromatic heterocycles. The number of hydrogen-bond donors (Lipinski definition) is 2. The van der Waals surface area contributed by atoms with Crippen molar-refractivity contribution in [1.29, 1.82) is 0 Å². The van der Waals surface area contributed by atoms with Gasteiger partial charge in [-0.1, -0.05) is 30.3 Å². The van der Waals surface area contributed by atoms with Crippen molar-refractivity contribution in [2.45, 2.75) is 30.5 Å². The third-order valence-corrected chi connectivity index (χ3v) is 6.28. The lowest BCUT2D eigenvalue weighted by atomic mass is 10.2. The van der Waals surface area contributed by atoms with Crippen molar-refractivity contribution < 1.29 is 17.9 Å². The van der Waals surface area contributed by atoms with Crippen LogP contribution in [-0.4, -0.2) is 39.8 Å². The summed E-state index contributed by atoms with van der Waals surface area (Å²) in [5, 5.41) is 2.75. The Morgan fingerprint density at radius 3 is 2.50 bits per heavy atom. The molecule has 2 aromatic carbocycles. The molecule has 0 aliphatic carbocycles. The molecule has 0 aliphatic rings. The third kappa shape index (κ3) is 6.54. The monoisotopic (exact) mass is 422 g/mol. The van der Waals surface area contributed by atoms with E-state index in [1.807, 2.05) is 44.2 Å². The van der Waals surface area contributed by atoms with E-state index in [2.05, 4.69) is 10.0 Å². The maximum absolute atomic E-state index is 12.6. The maximum Gasteiger partial charge on any atom is 0.255 e. The predicted octanol–water partition coefficient (Wildman–Crippen LogP) is 3.05. The quantitative estimate of drug-likeness (QED) is 0.575. The summed E-state index contributed by atoms with van der Waals surface area (Å²) in [5.74, 6) is 1.42. The number of carbonyl (C=O) groups is 1. The Hall–Kier alpha value is -2.03. The minimum absolute atomic E-state index is 0.0373. The van der Waals surface area contributed by atoms with Crippen LogP contribution in [0.25, 0.3) is 0 Å². The first-order chi connectivity index (χ1) is 13.3. The summed E-state index contributed by atoms with van der Waals surface area (Å²) < 4.78 is 32.9. The summed E-state index contributed by atoms with van der Waals surface area (Å²) in [7, 11) is -2.27. The topological polar surface area (TPSA) is 84.5 Å². The van der Waals surface area contributed by atoms with Crippen molar-refractivity contribution in [2.75, 3.05) is 19.4 Å². The number of hydrogen-bond acceptors (Lipinski definition) is 5. The fraction of sp³-hybridized carbons (Fsp3) is 0.350. The van der Waals surface area contributed by atoms with Crippen LogP contribution in [0.4, 0.5) is 0 Å². The Morgan fingerprint density at radius 1 is 1.14 bits per heavy atom. The van der Waals surface area contributed by atoms with Gasteiger partial charge in [0.2, 0.25) is 10.0 Å². The van der Waals surface area contributed by atoms with E-state index in [0.29, 0.717) is 18.0 Å². The van der Waals surface area contributed by atoms with Gasteiger partial charge in [0.25, 0.3) is 5.91 Å². The second-order valence-corrected chi connectivity index (χ2v) is 9.30. The zero-order chi connectivity index (χ0) is 20.6. The second kappa shape index (κ2) is 10.5. The molecule has 0 radical (unpaired) electrons. The Morgan fingerprint density at radius 2 is 1.86 bits per heavy atom. The third-order valence-electron chi connectivity index (χ3n) is 3.80. The van der Waals surface area contributed by atoms with Crippen LogP contribution in [0.2, 0.25) is 0 Å². The van der Waals surface area contributed by atoms with Crippen molar-refractivity contribution in [2.24, 2.45) is 0 Å². The number of rotatable bonds is 10. The molecule has 0 aliphatic heterocycles. The fourth-order valence-corrected chi connectivity index (χ4v) is 4.47. The van der Waals surface area contributed by atoms with E-state index in [0.717, 1.165) is 5.75 Å². The Labute approximate surface area is 171 Å². The maximum atomic E-state index is 12.6.